The van der Waals surface area contributed by atoms with Gasteiger partial charge in [0.05, 0.1) is 0 Å². The van der Waals surface area contributed by atoms with Crippen LogP contribution in [0.1, 0.15) is 28.7 Å². The highest BCUT2D eigenvalue weighted by molar-refractivity contribution is 9.10. The number of carbonyl (C=O) groups is 1. The van der Waals surface area contributed by atoms with Gasteiger partial charge in [0, 0.05) is 11.0 Å². The van der Waals surface area contributed by atoms with Crippen LogP contribution < -0.4 is 10.1 Å². The van der Waals surface area contributed by atoms with Crippen LogP contribution in [-0.4, -0.2) is 19.1 Å². The molecule has 0 fully saturated rings. The van der Waals surface area contributed by atoms with Gasteiger partial charge in [-0.15, -0.1) is 0 Å². The van der Waals surface area contributed by atoms with E-state index in [0.717, 1.165) is 34.2 Å². The first-order chi connectivity index (χ1) is 11.5. The SMILES string of the molecule is Cc1ccc(CCCNC(=O)COc2cc(C)c(Br)c(C)c2)cc1. The van der Waals surface area contributed by atoms with Crippen LogP contribution in [0.15, 0.2) is 40.9 Å². The van der Waals surface area contributed by atoms with Crippen LogP contribution in [0.5, 0.6) is 5.75 Å². The van der Waals surface area contributed by atoms with Crippen molar-refractivity contribution < 1.29 is 9.53 Å². The Labute approximate surface area is 152 Å². The minimum atomic E-state index is -0.0860. The number of amides is 1. The normalized spacial score (nSPS) is 10.5. The van der Waals surface area contributed by atoms with Gasteiger partial charge >= 0.3 is 0 Å². The summed E-state index contributed by atoms with van der Waals surface area (Å²) in [6.45, 7) is 6.81. The summed E-state index contributed by atoms with van der Waals surface area (Å²) in [5.74, 6) is 0.639. The summed E-state index contributed by atoms with van der Waals surface area (Å²) < 4.78 is 6.66. The van der Waals surface area contributed by atoms with Crippen LogP contribution >= 0.6 is 15.9 Å². The molecule has 0 aliphatic heterocycles. The van der Waals surface area contributed by atoms with E-state index in [1.165, 1.54) is 11.1 Å². The van der Waals surface area contributed by atoms with Gasteiger partial charge in [-0.2, -0.15) is 0 Å². The lowest BCUT2D eigenvalue weighted by atomic mass is 10.1. The maximum atomic E-state index is 11.9. The Morgan fingerprint density at radius 3 is 2.33 bits per heavy atom. The molecule has 0 aliphatic carbocycles. The number of carbonyl (C=O) groups excluding carboxylic acids is 1. The van der Waals surface area contributed by atoms with Crippen molar-refractivity contribution in [1.29, 1.82) is 0 Å². The standard InChI is InChI=1S/C20H24BrNO2/c1-14-6-8-17(9-7-14)5-4-10-22-19(23)13-24-18-11-15(2)20(21)16(3)12-18/h6-9,11-12H,4-5,10,13H2,1-3H3,(H,22,23). The van der Waals surface area contributed by atoms with Crippen LogP contribution in [0.25, 0.3) is 0 Å². The summed E-state index contributed by atoms with van der Waals surface area (Å²) in [4.78, 5) is 11.9. The van der Waals surface area contributed by atoms with E-state index in [2.05, 4.69) is 52.4 Å². The largest absolute Gasteiger partial charge is 0.484 e. The Balaban J connectivity index is 1.69. The second kappa shape index (κ2) is 8.88. The zero-order valence-electron chi connectivity index (χ0n) is 14.5. The van der Waals surface area contributed by atoms with Crippen molar-refractivity contribution in [3.63, 3.8) is 0 Å². The van der Waals surface area contributed by atoms with Gasteiger partial charge in [0.1, 0.15) is 5.75 Å². The Kier molecular flexibility index (Phi) is 6.85. The van der Waals surface area contributed by atoms with Crippen LogP contribution in [-0.2, 0) is 11.2 Å². The minimum Gasteiger partial charge on any atom is -0.484 e. The number of hydrogen-bond donors (Lipinski definition) is 1. The fourth-order valence-electron chi connectivity index (χ4n) is 2.46. The third-order valence-electron chi connectivity index (χ3n) is 3.86. The topological polar surface area (TPSA) is 38.3 Å². The molecule has 0 saturated heterocycles. The molecule has 0 radical (unpaired) electrons. The number of rotatable bonds is 7. The Bertz CT molecular complexity index is 672. The van der Waals surface area contributed by atoms with Gasteiger partial charge in [-0.3, -0.25) is 4.79 Å². The highest BCUT2D eigenvalue weighted by Gasteiger charge is 2.06. The summed E-state index contributed by atoms with van der Waals surface area (Å²) in [5.41, 5.74) is 4.77. The predicted octanol–water partition coefficient (Wildman–Crippen LogP) is 4.50. The molecule has 0 spiro atoms. The van der Waals surface area contributed by atoms with Gasteiger partial charge in [-0.25, -0.2) is 0 Å². The molecule has 2 rings (SSSR count). The fraction of sp³-hybridized carbons (Fsp3) is 0.350. The second-order valence-electron chi connectivity index (χ2n) is 6.10. The second-order valence-corrected chi connectivity index (χ2v) is 6.89. The summed E-state index contributed by atoms with van der Waals surface area (Å²) >= 11 is 3.52. The van der Waals surface area contributed by atoms with E-state index in [0.29, 0.717) is 6.54 Å². The highest BCUT2D eigenvalue weighted by Crippen LogP contribution is 2.26. The van der Waals surface area contributed by atoms with Gasteiger partial charge in [0.2, 0.25) is 0 Å². The minimum absolute atomic E-state index is 0.0467. The molecule has 0 aliphatic rings. The van der Waals surface area contributed by atoms with Gasteiger partial charge in [0.15, 0.2) is 6.61 Å². The lowest BCUT2D eigenvalue weighted by Gasteiger charge is -2.10. The molecule has 1 N–H and O–H groups in total. The third kappa shape index (κ3) is 5.68. The van der Waals surface area contributed by atoms with Crippen molar-refractivity contribution in [2.45, 2.75) is 33.6 Å². The summed E-state index contributed by atoms with van der Waals surface area (Å²) in [5, 5.41) is 2.90. The number of nitrogens with one attached hydrogen (secondary N) is 1. The Morgan fingerprint density at radius 2 is 1.71 bits per heavy atom. The van der Waals surface area contributed by atoms with E-state index >= 15 is 0 Å². The van der Waals surface area contributed by atoms with Gasteiger partial charge < -0.3 is 10.1 Å². The van der Waals surface area contributed by atoms with E-state index in [1.807, 2.05) is 26.0 Å². The molecule has 1 amide bonds. The molecule has 0 saturated carbocycles. The number of hydrogen-bond acceptors (Lipinski definition) is 2. The lowest BCUT2D eigenvalue weighted by molar-refractivity contribution is -0.123. The van der Waals surface area contributed by atoms with Crippen LogP contribution in [0.4, 0.5) is 0 Å². The maximum Gasteiger partial charge on any atom is 0.257 e. The van der Waals surface area contributed by atoms with Gasteiger partial charge in [-0.05, 0) is 62.4 Å². The molecule has 0 aromatic heterocycles. The summed E-state index contributed by atoms with van der Waals surface area (Å²) in [6.07, 6.45) is 1.89. The van der Waals surface area contributed by atoms with Gasteiger partial charge in [0.25, 0.3) is 5.91 Å². The van der Waals surface area contributed by atoms with E-state index in [-0.39, 0.29) is 12.5 Å². The first-order valence-corrected chi connectivity index (χ1v) is 8.97. The molecular weight excluding hydrogens is 366 g/mol. The quantitative estimate of drug-likeness (QED) is 0.707. The van der Waals surface area contributed by atoms with Crippen molar-refractivity contribution in [2.24, 2.45) is 0 Å². The van der Waals surface area contributed by atoms with Crippen LogP contribution in [0, 0.1) is 20.8 Å². The highest BCUT2D eigenvalue weighted by atomic mass is 79.9. The molecule has 0 atom stereocenters. The van der Waals surface area contributed by atoms with Crippen molar-refractivity contribution in [2.75, 3.05) is 13.2 Å². The van der Waals surface area contributed by atoms with Crippen molar-refractivity contribution in [3.8, 4) is 5.75 Å². The zero-order chi connectivity index (χ0) is 17.5. The van der Waals surface area contributed by atoms with E-state index in [1.54, 1.807) is 0 Å². The molecular formula is C20H24BrNO2. The Morgan fingerprint density at radius 1 is 1.08 bits per heavy atom. The molecule has 3 nitrogen and oxygen atoms in total. The predicted molar refractivity (Wildman–Crippen MR) is 102 cm³/mol. The maximum absolute atomic E-state index is 11.9. The smallest absolute Gasteiger partial charge is 0.257 e. The molecule has 0 heterocycles. The first-order valence-electron chi connectivity index (χ1n) is 8.17. The molecule has 0 unspecified atom stereocenters. The van der Waals surface area contributed by atoms with Crippen molar-refractivity contribution in [3.05, 3.63) is 63.1 Å². The molecule has 128 valence electrons. The van der Waals surface area contributed by atoms with Crippen LogP contribution in [0.2, 0.25) is 0 Å². The molecule has 4 heteroatoms. The van der Waals surface area contributed by atoms with Crippen LogP contribution in [0.3, 0.4) is 0 Å². The molecule has 0 bridgehead atoms. The van der Waals surface area contributed by atoms with Crippen molar-refractivity contribution in [1.82, 2.24) is 5.32 Å². The fourth-order valence-corrected chi connectivity index (χ4v) is 2.69. The lowest BCUT2D eigenvalue weighted by Crippen LogP contribution is -2.29. The average molecular weight is 390 g/mol. The summed E-state index contributed by atoms with van der Waals surface area (Å²) in [6, 6.07) is 12.4. The number of halogens is 1. The van der Waals surface area contributed by atoms with E-state index < -0.39 is 0 Å². The third-order valence-corrected chi connectivity index (χ3v) is 5.12. The molecule has 24 heavy (non-hydrogen) atoms. The number of ether oxygens (including phenoxy) is 1. The first kappa shape index (κ1) is 18.5. The monoisotopic (exact) mass is 389 g/mol. The number of benzene rings is 2. The molecule has 2 aromatic carbocycles. The summed E-state index contributed by atoms with van der Waals surface area (Å²) in [7, 11) is 0. The van der Waals surface area contributed by atoms with E-state index in [9.17, 15) is 4.79 Å². The van der Waals surface area contributed by atoms with E-state index in [4.69, 9.17) is 4.74 Å². The average Bonchev–Trinajstić information content (AvgIpc) is 2.56. The Hall–Kier alpha value is -1.81. The number of aryl methyl sites for hydroxylation is 4. The van der Waals surface area contributed by atoms with Crippen molar-refractivity contribution >= 4 is 21.8 Å². The zero-order valence-corrected chi connectivity index (χ0v) is 16.1. The van der Waals surface area contributed by atoms with Gasteiger partial charge in [-0.1, -0.05) is 45.8 Å². The molecule has 2 aromatic rings.